The average Bonchev–Trinajstić information content (AvgIpc) is 2.44. The first kappa shape index (κ1) is 16.4. The molecule has 0 unspecified atom stereocenters. The number of morpholine rings is 1. The van der Waals surface area contributed by atoms with Crippen LogP contribution in [0, 0.1) is 11.3 Å². The highest BCUT2D eigenvalue weighted by molar-refractivity contribution is 5.65. The highest BCUT2D eigenvalue weighted by atomic mass is 19.4. The highest BCUT2D eigenvalue weighted by Gasteiger charge is 2.40. The van der Waals surface area contributed by atoms with E-state index in [1.165, 1.54) is 11.0 Å². The predicted octanol–water partition coefficient (Wildman–Crippen LogP) is 3.43. The SMILES string of the molecule is N#Cc1c(N2CCOCC2)cc(C(F)(F)F)cc1C(F)(F)F. The molecule has 0 amide bonds. The molecule has 1 aliphatic rings. The molecule has 1 heterocycles. The summed E-state index contributed by atoms with van der Waals surface area (Å²) < 4.78 is 82.5. The van der Waals surface area contributed by atoms with Crippen LogP contribution < -0.4 is 4.90 Å². The number of halogens is 6. The maximum Gasteiger partial charge on any atom is 0.417 e. The number of anilines is 1. The molecule has 9 heteroatoms. The molecule has 1 fully saturated rings. The van der Waals surface area contributed by atoms with Crippen molar-refractivity contribution >= 4 is 5.69 Å². The fourth-order valence-electron chi connectivity index (χ4n) is 2.19. The van der Waals surface area contributed by atoms with E-state index < -0.39 is 29.0 Å². The first-order valence-corrected chi connectivity index (χ1v) is 6.20. The molecule has 0 atom stereocenters. The van der Waals surface area contributed by atoms with Gasteiger partial charge in [0.1, 0.15) is 6.07 Å². The summed E-state index contributed by atoms with van der Waals surface area (Å²) in [6.07, 6.45) is -9.98. The zero-order chi connectivity index (χ0) is 16.5. The third-order valence-corrected chi connectivity index (χ3v) is 3.21. The number of hydrogen-bond donors (Lipinski definition) is 0. The topological polar surface area (TPSA) is 36.3 Å². The van der Waals surface area contributed by atoms with E-state index in [-0.39, 0.29) is 38.1 Å². The van der Waals surface area contributed by atoms with Crippen LogP contribution in [0.25, 0.3) is 0 Å². The number of hydrogen-bond acceptors (Lipinski definition) is 3. The van der Waals surface area contributed by atoms with Gasteiger partial charge in [-0.2, -0.15) is 31.6 Å². The van der Waals surface area contributed by atoms with E-state index >= 15 is 0 Å². The number of rotatable bonds is 1. The summed E-state index contributed by atoms with van der Waals surface area (Å²) in [6.45, 7) is 0.575. The zero-order valence-electron chi connectivity index (χ0n) is 11.1. The number of nitriles is 1. The molecular weight excluding hydrogens is 314 g/mol. The van der Waals surface area contributed by atoms with Gasteiger partial charge in [-0.05, 0) is 12.1 Å². The van der Waals surface area contributed by atoms with Crippen molar-refractivity contribution in [3.8, 4) is 6.07 Å². The third-order valence-electron chi connectivity index (χ3n) is 3.21. The van der Waals surface area contributed by atoms with Crippen LogP contribution >= 0.6 is 0 Å². The molecule has 0 aliphatic carbocycles. The molecule has 120 valence electrons. The Kier molecular flexibility index (Phi) is 4.24. The van der Waals surface area contributed by atoms with Crippen LogP contribution in [-0.2, 0) is 17.1 Å². The van der Waals surface area contributed by atoms with Crippen LogP contribution in [0.5, 0.6) is 0 Å². The smallest absolute Gasteiger partial charge is 0.378 e. The van der Waals surface area contributed by atoms with E-state index in [4.69, 9.17) is 10.00 Å². The van der Waals surface area contributed by atoms with Gasteiger partial charge in [0, 0.05) is 13.1 Å². The quantitative estimate of drug-likeness (QED) is 0.743. The summed E-state index contributed by atoms with van der Waals surface area (Å²) in [5.74, 6) is 0. The van der Waals surface area contributed by atoms with E-state index in [1.807, 2.05) is 0 Å². The Morgan fingerprint density at radius 1 is 1.00 bits per heavy atom. The predicted molar refractivity (Wildman–Crippen MR) is 64.2 cm³/mol. The van der Waals surface area contributed by atoms with Crippen LogP contribution in [0.4, 0.5) is 32.0 Å². The van der Waals surface area contributed by atoms with Gasteiger partial charge in [0.15, 0.2) is 0 Å². The van der Waals surface area contributed by atoms with Crippen molar-refractivity contribution in [2.75, 3.05) is 31.2 Å². The van der Waals surface area contributed by atoms with Gasteiger partial charge in [-0.15, -0.1) is 0 Å². The Morgan fingerprint density at radius 3 is 2.05 bits per heavy atom. The molecule has 0 spiro atoms. The van der Waals surface area contributed by atoms with E-state index in [1.54, 1.807) is 0 Å². The fraction of sp³-hybridized carbons (Fsp3) is 0.462. The van der Waals surface area contributed by atoms with Crippen molar-refractivity contribution in [1.82, 2.24) is 0 Å². The van der Waals surface area contributed by atoms with E-state index in [0.717, 1.165) is 0 Å². The van der Waals surface area contributed by atoms with Crippen molar-refractivity contribution < 1.29 is 31.1 Å². The molecule has 0 radical (unpaired) electrons. The summed E-state index contributed by atoms with van der Waals surface area (Å²) >= 11 is 0. The van der Waals surface area contributed by atoms with Gasteiger partial charge in [-0.1, -0.05) is 0 Å². The van der Waals surface area contributed by atoms with Gasteiger partial charge in [0.2, 0.25) is 0 Å². The molecule has 3 nitrogen and oxygen atoms in total. The largest absolute Gasteiger partial charge is 0.417 e. The van der Waals surface area contributed by atoms with Crippen molar-refractivity contribution in [1.29, 1.82) is 5.26 Å². The van der Waals surface area contributed by atoms with Gasteiger partial charge >= 0.3 is 12.4 Å². The molecule has 0 N–H and O–H groups in total. The van der Waals surface area contributed by atoms with Gasteiger partial charge in [-0.3, -0.25) is 0 Å². The van der Waals surface area contributed by atoms with Crippen LogP contribution in [-0.4, -0.2) is 26.3 Å². The number of nitrogens with zero attached hydrogens (tertiary/aromatic N) is 2. The summed E-state index contributed by atoms with van der Waals surface area (Å²) in [5.41, 5.74) is -4.18. The van der Waals surface area contributed by atoms with Crippen molar-refractivity contribution in [3.63, 3.8) is 0 Å². The second kappa shape index (κ2) is 5.68. The Morgan fingerprint density at radius 2 is 1.59 bits per heavy atom. The summed E-state index contributed by atoms with van der Waals surface area (Å²) in [5, 5.41) is 9.00. The molecule has 0 aromatic heterocycles. The fourth-order valence-corrected chi connectivity index (χ4v) is 2.19. The first-order chi connectivity index (χ1) is 10.1. The monoisotopic (exact) mass is 324 g/mol. The minimum atomic E-state index is -5.05. The third kappa shape index (κ3) is 3.27. The first-order valence-electron chi connectivity index (χ1n) is 6.20. The van der Waals surface area contributed by atoms with Crippen molar-refractivity contribution in [3.05, 3.63) is 28.8 Å². The van der Waals surface area contributed by atoms with E-state index in [9.17, 15) is 26.3 Å². The van der Waals surface area contributed by atoms with Crippen molar-refractivity contribution in [2.24, 2.45) is 0 Å². The standard InChI is InChI=1S/C13H10F6N2O/c14-12(15,16)8-5-10(13(17,18)19)9(7-20)11(6-8)21-1-3-22-4-2-21/h5-6H,1-4H2. The number of benzene rings is 1. The lowest BCUT2D eigenvalue weighted by Gasteiger charge is -2.31. The molecule has 1 aromatic rings. The second-order valence-corrected chi connectivity index (χ2v) is 4.62. The van der Waals surface area contributed by atoms with Crippen LogP contribution in [0.15, 0.2) is 12.1 Å². The Bertz CT molecular complexity index is 596. The van der Waals surface area contributed by atoms with Gasteiger partial charge in [0.05, 0.1) is 35.6 Å². The van der Waals surface area contributed by atoms with E-state index in [0.29, 0.717) is 6.07 Å². The Balaban J connectivity index is 2.66. The maximum absolute atomic E-state index is 13.0. The zero-order valence-corrected chi connectivity index (χ0v) is 11.1. The molecular formula is C13H10F6N2O. The van der Waals surface area contributed by atoms with Crippen LogP contribution in [0.2, 0.25) is 0 Å². The average molecular weight is 324 g/mol. The summed E-state index contributed by atoms with van der Waals surface area (Å²) in [4.78, 5) is 1.30. The minimum Gasteiger partial charge on any atom is -0.378 e. The lowest BCUT2D eigenvalue weighted by Crippen LogP contribution is -2.37. The van der Waals surface area contributed by atoms with Gasteiger partial charge < -0.3 is 9.64 Å². The van der Waals surface area contributed by atoms with Crippen LogP contribution in [0.1, 0.15) is 16.7 Å². The molecule has 1 aromatic carbocycles. The van der Waals surface area contributed by atoms with E-state index in [2.05, 4.69) is 0 Å². The molecule has 2 rings (SSSR count). The molecule has 22 heavy (non-hydrogen) atoms. The summed E-state index contributed by atoms with van der Waals surface area (Å²) in [7, 11) is 0. The van der Waals surface area contributed by atoms with Crippen molar-refractivity contribution in [2.45, 2.75) is 12.4 Å². The number of alkyl halides is 6. The normalized spacial score (nSPS) is 16.5. The lowest BCUT2D eigenvalue weighted by atomic mass is 10.00. The lowest BCUT2D eigenvalue weighted by molar-refractivity contribution is -0.143. The Hall–Kier alpha value is -1.95. The molecule has 0 bridgehead atoms. The molecule has 0 saturated carbocycles. The molecule has 1 saturated heterocycles. The minimum absolute atomic E-state index is 0.0253. The maximum atomic E-state index is 13.0. The highest BCUT2D eigenvalue weighted by Crippen LogP contribution is 2.41. The van der Waals surface area contributed by atoms with Crippen LogP contribution in [0.3, 0.4) is 0 Å². The van der Waals surface area contributed by atoms with Gasteiger partial charge in [-0.25, -0.2) is 0 Å². The van der Waals surface area contributed by atoms with Gasteiger partial charge in [0.25, 0.3) is 0 Å². The Labute approximate surface area is 121 Å². The second-order valence-electron chi connectivity index (χ2n) is 4.62. The summed E-state index contributed by atoms with van der Waals surface area (Å²) in [6, 6.07) is 1.93. The number of ether oxygens (including phenoxy) is 1. The molecule has 1 aliphatic heterocycles.